The fourth-order valence-electron chi connectivity index (χ4n) is 4.37. The Balaban J connectivity index is 1.64. The van der Waals surface area contributed by atoms with Crippen molar-refractivity contribution in [3.05, 3.63) is 47.0 Å². The minimum absolute atomic E-state index is 0.0658. The molecule has 1 aromatic heterocycles. The Morgan fingerprint density at radius 1 is 1.17 bits per heavy atom. The number of anilines is 1. The van der Waals surface area contributed by atoms with Gasteiger partial charge in [-0.1, -0.05) is 44.2 Å². The average molecular weight is 513 g/mol. The van der Waals surface area contributed by atoms with Crippen LogP contribution in [0.1, 0.15) is 67.4 Å². The normalized spacial score (nSPS) is 14.9. The van der Waals surface area contributed by atoms with E-state index in [1.165, 1.54) is 11.3 Å². The average Bonchev–Trinajstić information content (AvgIpc) is 3.45. The van der Waals surface area contributed by atoms with Crippen LogP contribution in [0.4, 0.5) is 9.80 Å². The van der Waals surface area contributed by atoms with Gasteiger partial charge >= 0.3 is 12.0 Å². The van der Waals surface area contributed by atoms with E-state index < -0.39 is 11.9 Å². The van der Waals surface area contributed by atoms with Crippen LogP contribution in [-0.2, 0) is 9.53 Å². The molecular weight excluding hydrogens is 476 g/mol. The van der Waals surface area contributed by atoms with Gasteiger partial charge in [0.15, 0.2) is 0 Å². The first-order valence-electron chi connectivity index (χ1n) is 12.4. The molecule has 1 aliphatic rings. The molecule has 8 nitrogen and oxygen atoms in total. The van der Waals surface area contributed by atoms with E-state index in [0.29, 0.717) is 17.5 Å². The number of ether oxygens (including phenoxy) is 1. The summed E-state index contributed by atoms with van der Waals surface area (Å²) in [7, 11) is 0. The molecule has 0 spiro atoms. The number of carbonyl (C=O) groups is 3. The number of thiophene rings is 1. The van der Waals surface area contributed by atoms with Crippen molar-refractivity contribution >= 4 is 40.3 Å². The van der Waals surface area contributed by atoms with Crippen LogP contribution in [0.15, 0.2) is 30.3 Å². The second kappa shape index (κ2) is 12.7. The van der Waals surface area contributed by atoms with Gasteiger partial charge in [0.25, 0.3) is 5.91 Å². The summed E-state index contributed by atoms with van der Waals surface area (Å²) in [6.45, 7) is 6.73. The number of hydrogen-bond acceptors (Lipinski definition) is 6. The summed E-state index contributed by atoms with van der Waals surface area (Å²) >= 11 is 1.25. The molecule has 194 valence electrons. The summed E-state index contributed by atoms with van der Waals surface area (Å²) in [5, 5.41) is 6.13. The van der Waals surface area contributed by atoms with Crippen LogP contribution in [0.5, 0.6) is 0 Å². The lowest BCUT2D eigenvalue weighted by Gasteiger charge is -2.21. The van der Waals surface area contributed by atoms with E-state index >= 15 is 0 Å². The summed E-state index contributed by atoms with van der Waals surface area (Å²) in [6, 6.07) is 6.58. The highest BCUT2D eigenvalue weighted by Crippen LogP contribution is 2.37. The number of primary amides is 2. The van der Waals surface area contributed by atoms with E-state index in [-0.39, 0.29) is 23.7 Å². The third kappa shape index (κ3) is 7.66. The topological polar surface area (TPSA) is 137 Å². The number of nitrogens with one attached hydrogen (secondary N) is 2. The minimum atomic E-state index is -0.751. The van der Waals surface area contributed by atoms with Crippen LogP contribution in [0, 0.1) is 12.8 Å². The van der Waals surface area contributed by atoms with Crippen LogP contribution < -0.4 is 22.1 Å². The van der Waals surface area contributed by atoms with E-state index in [4.69, 9.17) is 16.2 Å². The molecule has 0 aliphatic heterocycles. The molecule has 9 heteroatoms. The largest absolute Gasteiger partial charge is 0.461 e. The third-order valence-electron chi connectivity index (χ3n) is 6.12. The number of benzene rings is 1. The lowest BCUT2D eigenvalue weighted by Crippen LogP contribution is -2.40. The Morgan fingerprint density at radius 2 is 1.89 bits per heavy atom. The third-order valence-corrected chi connectivity index (χ3v) is 7.20. The first-order chi connectivity index (χ1) is 17.1. The molecule has 0 saturated heterocycles. The summed E-state index contributed by atoms with van der Waals surface area (Å²) in [5.74, 6) is -0.404. The molecule has 1 heterocycles. The van der Waals surface area contributed by atoms with Crippen LogP contribution >= 0.6 is 11.3 Å². The SMILES string of the molecule is Cc1cc(/C=C/CN[C@@H](CC(C)C)C(=O)OC2CCCC2)ccc1-c1cc(C(N)=O)c(NC(N)=O)s1. The molecule has 1 atom stereocenters. The maximum atomic E-state index is 12.7. The van der Waals surface area contributed by atoms with Gasteiger partial charge in [0.1, 0.15) is 17.1 Å². The Hall–Kier alpha value is -3.17. The highest BCUT2D eigenvalue weighted by atomic mass is 32.1. The van der Waals surface area contributed by atoms with Gasteiger partial charge in [-0.25, -0.2) is 4.79 Å². The zero-order chi connectivity index (χ0) is 26.2. The van der Waals surface area contributed by atoms with Crippen molar-refractivity contribution in [3.63, 3.8) is 0 Å². The zero-order valence-corrected chi connectivity index (χ0v) is 22.0. The van der Waals surface area contributed by atoms with Crippen LogP contribution in [0.25, 0.3) is 16.5 Å². The Bertz CT molecular complexity index is 1120. The molecule has 36 heavy (non-hydrogen) atoms. The van der Waals surface area contributed by atoms with Gasteiger partial charge in [-0.15, -0.1) is 11.3 Å². The van der Waals surface area contributed by atoms with Crippen molar-refractivity contribution in [2.75, 3.05) is 11.9 Å². The van der Waals surface area contributed by atoms with E-state index in [0.717, 1.165) is 53.7 Å². The molecule has 2 aromatic rings. The number of nitrogens with two attached hydrogens (primary N) is 2. The molecule has 3 rings (SSSR count). The monoisotopic (exact) mass is 512 g/mol. The van der Waals surface area contributed by atoms with Gasteiger partial charge in [-0.2, -0.15) is 0 Å². The van der Waals surface area contributed by atoms with Gasteiger partial charge in [-0.05, 0) is 67.7 Å². The highest BCUT2D eigenvalue weighted by molar-refractivity contribution is 7.20. The Morgan fingerprint density at radius 3 is 2.50 bits per heavy atom. The van der Waals surface area contributed by atoms with Crippen molar-refractivity contribution in [1.82, 2.24) is 5.32 Å². The molecule has 0 unspecified atom stereocenters. The summed E-state index contributed by atoms with van der Waals surface area (Å²) < 4.78 is 5.72. The fraction of sp³-hybridized carbons (Fsp3) is 0.444. The number of amides is 3. The number of carbonyl (C=O) groups excluding carboxylic acids is 3. The molecule has 0 bridgehead atoms. The molecule has 3 amide bonds. The van der Waals surface area contributed by atoms with Crippen molar-refractivity contribution in [1.29, 1.82) is 0 Å². The molecular formula is C27H36N4O4S. The lowest BCUT2D eigenvalue weighted by molar-refractivity contribution is -0.151. The second-order valence-corrected chi connectivity index (χ2v) is 10.7. The number of rotatable bonds is 11. The minimum Gasteiger partial charge on any atom is -0.461 e. The fourth-order valence-corrected chi connectivity index (χ4v) is 5.53. The maximum absolute atomic E-state index is 12.7. The first kappa shape index (κ1) is 27.4. The predicted octanol–water partition coefficient (Wildman–Crippen LogP) is 4.82. The van der Waals surface area contributed by atoms with Gasteiger partial charge in [0.2, 0.25) is 0 Å². The highest BCUT2D eigenvalue weighted by Gasteiger charge is 2.25. The summed E-state index contributed by atoms with van der Waals surface area (Å²) in [6.07, 6.45) is 8.99. The number of hydrogen-bond donors (Lipinski definition) is 4. The molecule has 1 fully saturated rings. The van der Waals surface area contributed by atoms with Crippen molar-refractivity contribution in [3.8, 4) is 10.4 Å². The molecule has 1 saturated carbocycles. The quantitative estimate of drug-likeness (QED) is 0.320. The van der Waals surface area contributed by atoms with Gasteiger partial charge in [0.05, 0.1) is 5.56 Å². The van der Waals surface area contributed by atoms with Gasteiger partial charge in [-0.3, -0.25) is 14.9 Å². The van der Waals surface area contributed by atoms with Crippen LogP contribution in [-0.4, -0.2) is 36.6 Å². The van der Waals surface area contributed by atoms with E-state index in [2.05, 4.69) is 24.5 Å². The molecule has 1 aromatic carbocycles. The Kier molecular flexibility index (Phi) is 9.66. The van der Waals surface area contributed by atoms with Crippen molar-refractivity contribution < 1.29 is 19.1 Å². The van der Waals surface area contributed by atoms with Crippen LogP contribution in [0.2, 0.25) is 0 Å². The Labute approximate surface area is 216 Å². The first-order valence-corrected chi connectivity index (χ1v) is 13.2. The number of urea groups is 1. The molecule has 1 aliphatic carbocycles. The number of esters is 1. The van der Waals surface area contributed by atoms with E-state index in [9.17, 15) is 14.4 Å². The van der Waals surface area contributed by atoms with Crippen LogP contribution in [0.3, 0.4) is 0 Å². The van der Waals surface area contributed by atoms with E-state index in [1.54, 1.807) is 6.07 Å². The van der Waals surface area contributed by atoms with Gasteiger partial charge in [0, 0.05) is 11.4 Å². The second-order valence-electron chi connectivity index (χ2n) is 9.62. The summed E-state index contributed by atoms with van der Waals surface area (Å²) in [5.41, 5.74) is 13.8. The van der Waals surface area contributed by atoms with Gasteiger partial charge < -0.3 is 21.5 Å². The molecule has 0 radical (unpaired) electrons. The van der Waals surface area contributed by atoms with E-state index in [1.807, 2.05) is 37.3 Å². The number of aryl methyl sites for hydroxylation is 1. The lowest BCUT2D eigenvalue weighted by atomic mass is 10.0. The zero-order valence-electron chi connectivity index (χ0n) is 21.1. The summed E-state index contributed by atoms with van der Waals surface area (Å²) in [4.78, 5) is 36.5. The predicted molar refractivity (Wildman–Crippen MR) is 145 cm³/mol. The van der Waals surface area contributed by atoms with Crippen molar-refractivity contribution in [2.24, 2.45) is 17.4 Å². The molecule has 6 N–H and O–H groups in total. The van der Waals surface area contributed by atoms with Crippen molar-refractivity contribution in [2.45, 2.75) is 65.0 Å². The maximum Gasteiger partial charge on any atom is 0.323 e. The standard InChI is InChI=1S/C27H36N4O4S/c1-16(2)13-22(26(33)35-19-8-4-5-9-19)30-12-6-7-18-10-11-20(17(3)14-18)23-15-21(24(28)32)25(36-23)31-27(29)34/h6-7,10-11,14-16,19,22,30H,4-5,8-9,12-13H2,1-3H3,(H2,28,32)(H3,29,31,34)/b7-6+/t22-/m0/s1. The smallest absolute Gasteiger partial charge is 0.323 e.